The van der Waals surface area contributed by atoms with E-state index in [1.54, 1.807) is 0 Å². The van der Waals surface area contributed by atoms with Crippen molar-refractivity contribution in [3.05, 3.63) is 28.2 Å². The Morgan fingerprint density at radius 3 is 2.62 bits per heavy atom. The topological polar surface area (TPSA) is 35.6 Å². The van der Waals surface area contributed by atoms with Crippen molar-refractivity contribution in [1.82, 2.24) is 10.2 Å². The molecule has 2 rings (SSSR count). The van der Waals surface area contributed by atoms with Gasteiger partial charge in [0.15, 0.2) is 0 Å². The number of halogens is 1. The number of piperazine rings is 1. The van der Waals surface area contributed by atoms with Crippen LogP contribution in [0.4, 0.5) is 10.5 Å². The quantitative estimate of drug-likeness (QED) is 0.842. The Balaban J connectivity index is 1.86. The fourth-order valence-electron chi connectivity index (χ4n) is 2.61. The van der Waals surface area contributed by atoms with Gasteiger partial charge >= 0.3 is 6.03 Å². The molecule has 1 saturated heterocycles. The molecule has 1 heterocycles. The number of urea groups is 1. The Kier molecular flexibility index (Phi) is 5.91. The summed E-state index contributed by atoms with van der Waals surface area (Å²) in [5, 5.41) is 2.99. The molecule has 1 fully saturated rings. The smallest absolute Gasteiger partial charge is 0.317 e. The average Bonchev–Trinajstić information content (AvgIpc) is 2.48. The third kappa shape index (κ3) is 4.37. The first-order chi connectivity index (χ1) is 10.1. The van der Waals surface area contributed by atoms with Crippen molar-refractivity contribution in [3.63, 3.8) is 0 Å². The minimum atomic E-state index is 0.0793. The van der Waals surface area contributed by atoms with Crippen molar-refractivity contribution < 1.29 is 4.79 Å². The molecule has 116 valence electrons. The van der Waals surface area contributed by atoms with Gasteiger partial charge in [-0.15, -0.1) is 0 Å². The Morgan fingerprint density at radius 2 is 2.00 bits per heavy atom. The lowest BCUT2D eigenvalue weighted by molar-refractivity contribution is 0.194. The van der Waals surface area contributed by atoms with Crippen LogP contribution in [0.2, 0.25) is 0 Å². The molecule has 0 bridgehead atoms. The molecule has 1 aromatic rings. The van der Waals surface area contributed by atoms with Gasteiger partial charge in [0.2, 0.25) is 0 Å². The molecule has 0 radical (unpaired) electrons. The molecule has 0 aromatic heterocycles. The molecular weight excluding hydrogens is 330 g/mol. The van der Waals surface area contributed by atoms with Gasteiger partial charge in [-0.2, -0.15) is 0 Å². The van der Waals surface area contributed by atoms with Crippen LogP contribution in [0.15, 0.2) is 22.7 Å². The largest absolute Gasteiger partial charge is 0.368 e. The first-order valence-electron chi connectivity index (χ1n) is 7.65. The number of hydrogen-bond donors (Lipinski definition) is 1. The summed E-state index contributed by atoms with van der Waals surface area (Å²) in [5.41, 5.74) is 2.54. The van der Waals surface area contributed by atoms with Crippen LogP contribution in [-0.4, -0.2) is 43.7 Å². The van der Waals surface area contributed by atoms with Crippen molar-refractivity contribution in [3.8, 4) is 0 Å². The maximum Gasteiger partial charge on any atom is 0.317 e. The van der Waals surface area contributed by atoms with Crippen molar-refractivity contribution in [2.24, 2.45) is 0 Å². The van der Waals surface area contributed by atoms with Gasteiger partial charge in [-0.05, 0) is 37.1 Å². The zero-order valence-corrected chi connectivity index (χ0v) is 14.4. The molecule has 4 nitrogen and oxygen atoms in total. The summed E-state index contributed by atoms with van der Waals surface area (Å²) in [7, 11) is 0. The number of carbonyl (C=O) groups is 1. The van der Waals surface area contributed by atoms with Gasteiger partial charge in [0, 0.05) is 42.9 Å². The fourth-order valence-corrected chi connectivity index (χ4v) is 3.08. The van der Waals surface area contributed by atoms with Crippen LogP contribution in [0, 0.1) is 6.92 Å². The van der Waals surface area contributed by atoms with E-state index >= 15 is 0 Å². The zero-order valence-electron chi connectivity index (χ0n) is 12.9. The van der Waals surface area contributed by atoms with E-state index in [1.807, 2.05) is 4.90 Å². The lowest BCUT2D eigenvalue weighted by atomic mass is 10.1. The van der Waals surface area contributed by atoms with Crippen LogP contribution in [-0.2, 0) is 0 Å². The summed E-state index contributed by atoms with van der Waals surface area (Å²) < 4.78 is 1.11. The standard InChI is InChI=1S/C16H24BrN3O/c1-3-4-7-18-16(21)20-10-8-19(9-11-20)15-6-5-14(17)12-13(15)2/h5-6,12H,3-4,7-11H2,1-2H3,(H,18,21). The SMILES string of the molecule is CCCCNC(=O)N1CCN(c2ccc(Br)cc2C)CC1. The molecule has 1 N–H and O–H groups in total. The zero-order chi connectivity index (χ0) is 15.2. The number of hydrogen-bond acceptors (Lipinski definition) is 2. The summed E-state index contributed by atoms with van der Waals surface area (Å²) in [6.45, 7) is 8.39. The van der Waals surface area contributed by atoms with Crippen LogP contribution >= 0.6 is 15.9 Å². The Bertz CT molecular complexity index is 484. The number of aryl methyl sites for hydroxylation is 1. The third-order valence-electron chi connectivity index (χ3n) is 3.87. The minimum absolute atomic E-state index is 0.0793. The van der Waals surface area contributed by atoms with Gasteiger partial charge in [-0.3, -0.25) is 0 Å². The first-order valence-corrected chi connectivity index (χ1v) is 8.45. The molecule has 0 aliphatic carbocycles. The second-order valence-corrected chi connectivity index (χ2v) is 6.41. The van der Waals surface area contributed by atoms with Gasteiger partial charge < -0.3 is 15.1 Å². The third-order valence-corrected chi connectivity index (χ3v) is 4.37. The molecule has 5 heteroatoms. The van der Waals surface area contributed by atoms with Gasteiger partial charge in [-0.25, -0.2) is 4.79 Å². The van der Waals surface area contributed by atoms with Crippen LogP contribution in [0.5, 0.6) is 0 Å². The maximum atomic E-state index is 12.0. The normalized spacial score (nSPS) is 15.2. The molecule has 1 aliphatic heterocycles. The number of carbonyl (C=O) groups excluding carboxylic acids is 1. The summed E-state index contributed by atoms with van der Waals surface area (Å²) >= 11 is 3.50. The number of rotatable bonds is 4. The summed E-state index contributed by atoms with van der Waals surface area (Å²) in [6, 6.07) is 6.44. The molecule has 0 atom stereocenters. The molecule has 1 aromatic carbocycles. The first kappa shape index (κ1) is 16.1. The Labute approximate surface area is 135 Å². The summed E-state index contributed by atoms with van der Waals surface area (Å²) in [5.74, 6) is 0. The maximum absolute atomic E-state index is 12.0. The van der Waals surface area contributed by atoms with E-state index in [-0.39, 0.29) is 6.03 Å². The van der Waals surface area contributed by atoms with Crippen LogP contribution in [0.1, 0.15) is 25.3 Å². The van der Waals surface area contributed by atoms with E-state index in [1.165, 1.54) is 11.3 Å². The van der Waals surface area contributed by atoms with Crippen LogP contribution < -0.4 is 10.2 Å². The van der Waals surface area contributed by atoms with Crippen LogP contribution in [0.25, 0.3) is 0 Å². The van der Waals surface area contributed by atoms with Gasteiger partial charge in [0.05, 0.1) is 0 Å². The number of unbranched alkanes of at least 4 members (excludes halogenated alkanes) is 1. The highest BCUT2D eigenvalue weighted by Crippen LogP contribution is 2.24. The van der Waals surface area contributed by atoms with E-state index in [4.69, 9.17) is 0 Å². The molecule has 2 amide bonds. The lowest BCUT2D eigenvalue weighted by Gasteiger charge is -2.36. The molecular formula is C16H24BrN3O. The number of benzene rings is 1. The van der Waals surface area contributed by atoms with E-state index in [2.05, 4.69) is 58.2 Å². The highest BCUT2D eigenvalue weighted by atomic mass is 79.9. The predicted molar refractivity (Wildman–Crippen MR) is 91.0 cm³/mol. The average molecular weight is 354 g/mol. The molecule has 0 saturated carbocycles. The van der Waals surface area contributed by atoms with E-state index < -0.39 is 0 Å². The second-order valence-electron chi connectivity index (χ2n) is 5.49. The number of nitrogens with zero attached hydrogens (tertiary/aromatic N) is 2. The fraction of sp³-hybridized carbons (Fsp3) is 0.562. The number of anilines is 1. The lowest BCUT2D eigenvalue weighted by Crippen LogP contribution is -2.52. The van der Waals surface area contributed by atoms with E-state index in [0.29, 0.717) is 0 Å². The van der Waals surface area contributed by atoms with Crippen molar-refractivity contribution in [2.75, 3.05) is 37.6 Å². The highest BCUT2D eigenvalue weighted by Gasteiger charge is 2.21. The van der Waals surface area contributed by atoms with Crippen LogP contribution in [0.3, 0.4) is 0 Å². The number of nitrogens with one attached hydrogen (secondary N) is 1. The Hall–Kier alpha value is -1.23. The molecule has 1 aliphatic rings. The van der Waals surface area contributed by atoms with Gasteiger partial charge in [0.1, 0.15) is 0 Å². The summed E-state index contributed by atoms with van der Waals surface area (Å²) in [4.78, 5) is 16.3. The van der Waals surface area contributed by atoms with Gasteiger partial charge in [-0.1, -0.05) is 29.3 Å². The van der Waals surface area contributed by atoms with Gasteiger partial charge in [0.25, 0.3) is 0 Å². The number of amides is 2. The minimum Gasteiger partial charge on any atom is -0.368 e. The molecule has 21 heavy (non-hydrogen) atoms. The monoisotopic (exact) mass is 353 g/mol. The molecule has 0 unspecified atom stereocenters. The van der Waals surface area contributed by atoms with Crippen molar-refractivity contribution in [2.45, 2.75) is 26.7 Å². The Morgan fingerprint density at radius 1 is 1.29 bits per heavy atom. The highest BCUT2D eigenvalue weighted by molar-refractivity contribution is 9.10. The predicted octanol–water partition coefficient (Wildman–Crippen LogP) is 3.39. The second kappa shape index (κ2) is 7.69. The van der Waals surface area contributed by atoms with E-state index in [9.17, 15) is 4.79 Å². The molecule has 0 spiro atoms. The summed E-state index contributed by atoms with van der Waals surface area (Å²) in [6.07, 6.45) is 2.15. The van der Waals surface area contributed by atoms with E-state index in [0.717, 1.165) is 50.0 Å². The van der Waals surface area contributed by atoms with Crippen molar-refractivity contribution >= 4 is 27.6 Å². The van der Waals surface area contributed by atoms with Crippen molar-refractivity contribution in [1.29, 1.82) is 0 Å².